The fourth-order valence-corrected chi connectivity index (χ4v) is 6.68. The Balaban J connectivity index is 1.69. The van der Waals surface area contributed by atoms with Crippen LogP contribution >= 0.6 is 0 Å². The van der Waals surface area contributed by atoms with Gasteiger partial charge in [0, 0.05) is 58.9 Å². The molecule has 3 heterocycles. The molecule has 20 heteroatoms. The molecular weight excluding hydrogens is 776 g/mol. The average Bonchev–Trinajstić information content (AvgIpc) is 3.48. The predicted molar refractivity (Wildman–Crippen MR) is 211 cm³/mol. The van der Waals surface area contributed by atoms with E-state index in [1.54, 1.807) is 62.3 Å². The summed E-state index contributed by atoms with van der Waals surface area (Å²) in [5.74, 6) is -7.38. The van der Waals surface area contributed by atoms with Crippen LogP contribution in [0.4, 0.5) is 0 Å². The second-order valence-electron chi connectivity index (χ2n) is 18.6. The normalized spacial score (nSPS) is 25.5. The highest BCUT2D eigenvalue weighted by Gasteiger charge is 2.69. The SMILES string of the molecule is CC(C)(C)OC(=O)CN1CCN(CC(=O)NCC(=O)NC[C@@H]2O[C@@]3(C(=O)O)OC(C)(C)O[C@H]3[C@@H]2O)CCN(CC(=O)OC(C)(C)C)CCN(CC(=O)OC(C)(C)C)CC1. The van der Waals surface area contributed by atoms with Gasteiger partial charge in [-0.2, -0.15) is 0 Å². The number of carboxylic acid groups (broad SMARTS) is 1. The Morgan fingerprint density at radius 1 is 0.610 bits per heavy atom. The first kappa shape index (κ1) is 49.9. The maximum atomic E-state index is 13.3. The maximum absolute atomic E-state index is 13.3. The molecule has 0 aromatic rings. The van der Waals surface area contributed by atoms with Crippen molar-refractivity contribution < 1.29 is 67.4 Å². The van der Waals surface area contributed by atoms with Crippen LogP contribution in [0.5, 0.6) is 0 Å². The molecule has 2 amide bonds. The Labute approximate surface area is 347 Å². The van der Waals surface area contributed by atoms with Crippen molar-refractivity contribution in [1.82, 2.24) is 30.2 Å². The van der Waals surface area contributed by atoms with Crippen LogP contribution in [-0.2, 0) is 57.2 Å². The van der Waals surface area contributed by atoms with Crippen LogP contribution in [0.2, 0.25) is 0 Å². The molecular formula is C39H68N6O14. The van der Waals surface area contributed by atoms with Crippen LogP contribution in [0.25, 0.3) is 0 Å². The Bertz CT molecular complexity index is 1450. The summed E-state index contributed by atoms with van der Waals surface area (Å²) in [6.45, 7) is 21.0. The molecule has 3 fully saturated rings. The lowest BCUT2D eigenvalue weighted by atomic mass is 10.1. The number of carbonyl (C=O) groups is 6. The van der Waals surface area contributed by atoms with Crippen molar-refractivity contribution in [1.29, 1.82) is 0 Å². The van der Waals surface area contributed by atoms with Crippen molar-refractivity contribution in [3.8, 4) is 0 Å². The van der Waals surface area contributed by atoms with E-state index >= 15 is 0 Å². The molecule has 4 atom stereocenters. The van der Waals surface area contributed by atoms with E-state index in [-0.39, 0.29) is 32.7 Å². The topological polar surface area (TPSA) is 235 Å². The van der Waals surface area contributed by atoms with Crippen molar-refractivity contribution in [3.63, 3.8) is 0 Å². The molecule has 20 nitrogen and oxygen atoms in total. The smallest absolute Gasteiger partial charge is 0.367 e. The second kappa shape index (κ2) is 20.4. The number of ether oxygens (including phenoxy) is 6. The lowest BCUT2D eigenvalue weighted by Gasteiger charge is -2.34. The average molecular weight is 845 g/mol. The Hall–Kier alpha value is -3.50. The van der Waals surface area contributed by atoms with Gasteiger partial charge in [-0.25, -0.2) is 4.79 Å². The molecule has 3 rings (SSSR count). The van der Waals surface area contributed by atoms with Gasteiger partial charge in [0.15, 0.2) is 11.9 Å². The third-order valence-electron chi connectivity index (χ3n) is 9.06. The molecule has 0 saturated carbocycles. The lowest BCUT2D eigenvalue weighted by Crippen LogP contribution is -2.51. The minimum absolute atomic E-state index is 0.00321. The molecule has 0 aromatic heterocycles. The minimum Gasteiger partial charge on any atom is -0.477 e. The zero-order chi connectivity index (χ0) is 44.6. The summed E-state index contributed by atoms with van der Waals surface area (Å²) in [5, 5.41) is 25.7. The molecule has 3 saturated heterocycles. The highest BCUT2D eigenvalue weighted by atomic mass is 16.9. The summed E-state index contributed by atoms with van der Waals surface area (Å²) in [5.41, 5.74) is -2.09. The molecule has 0 radical (unpaired) electrons. The van der Waals surface area contributed by atoms with E-state index in [1.165, 1.54) is 13.8 Å². The van der Waals surface area contributed by atoms with Gasteiger partial charge in [-0.1, -0.05) is 0 Å². The van der Waals surface area contributed by atoms with Gasteiger partial charge >= 0.3 is 29.7 Å². The molecule has 0 aliphatic carbocycles. The van der Waals surface area contributed by atoms with Gasteiger partial charge in [0.05, 0.1) is 32.7 Å². The van der Waals surface area contributed by atoms with Gasteiger partial charge in [0.1, 0.15) is 29.0 Å². The number of hydrogen-bond donors (Lipinski definition) is 4. The summed E-state index contributed by atoms with van der Waals surface area (Å²) >= 11 is 0. The van der Waals surface area contributed by atoms with Gasteiger partial charge in [-0.05, 0) is 76.2 Å². The number of nitrogens with one attached hydrogen (secondary N) is 2. The zero-order valence-electron chi connectivity index (χ0n) is 36.7. The van der Waals surface area contributed by atoms with Gasteiger partial charge in [-0.3, -0.25) is 43.6 Å². The number of nitrogens with zero attached hydrogens (tertiary/aromatic N) is 4. The number of rotatable bonds is 13. The van der Waals surface area contributed by atoms with Crippen LogP contribution < -0.4 is 10.6 Å². The summed E-state index contributed by atoms with van der Waals surface area (Å²) in [4.78, 5) is 84.5. The molecule has 3 aliphatic rings. The van der Waals surface area contributed by atoms with Crippen molar-refractivity contribution in [2.75, 3.05) is 91.6 Å². The molecule has 0 unspecified atom stereocenters. The number of aliphatic hydroxyl groups excluding tert-OH is 1. The summed E-state index contributed by atoms with van der Waals surface area (Å²) in [6.07, 6.45) is -3.91. The second-order valence-corrected chi connectivity index (χ2v) is 18.6. The van der Waals surface area contributed by atoms with E-state index in [0.717, 1.165) is 0 Å². The van der Waals surface area contributed by atoms with Crippen molar-refractivity contribution >= 4 is 35.7 Å². The number of aliphatic hydroxyl groups is 1. The van der Waals surface area contributed by atoms with Crippen molar-refractivity contribution in [3.05, 3.63) is 0 Å². The fraction of sp³-hybridized carbons (Fsp3) is 0.846. The van der Waals surface area contributed by atoms with E-state index in [2.05, 4.69) is 10.6 Å². The summed E-state index contributed by atoms with van der Waals surface area (Å²) in [6, 6.07) is 0. The van der Waals surface area contributed by atoms with Crippen molar-refractivity contribution in [2.45, 2.75) is 123 Å². The molecule has 59 heavy (non-hydrogen) atoms. The Morgan fingerprint density at radius 2 is 0.983 bits per heavy atom. The molecule has 4 N–H and O–H groups in total. The lowest BCUT2D eigenvalue weighted by molar-refractivity contribution is -0.262. The van der Waals surface area contributed by atoms with E-state index in [0.29, 0.717) is 52.4 Å². The summed E-state index contributed by atoms with van der Waals surface area (Å²) < 4.78 is 33.4. The first-order chi connectivity index (χ1) is 27.0. The number of fused-ring (bicyclic) bond motifs is 1. The standard InChI is InChI=1S/C39H68N6O14/c1-35(2,3)55-29(48)23-43-14-12-42(13-15-44(24-30(49)56-36(4,5)6)17-19-45(18-16-43)25-31(50)57-37(7,8)9)22-28(47)41-21-27(46)40-20-26-32(51)33-39(54-26,34(52)53)59-38(10,11)58-33/h26,32-33,51H,12-25H2,1-11H3,(H,40,46)(H,41,47)(H,52,53)/t26-,32+,33-,39+/m0/s1. The first-order valence-electron chi connectivity index (χ1n) is 20.1. The number of esters is 3. The van der Waals surface area contributed by atoms with Crippen LogP contribution in [0.3, 0.4) is 0 Å². The Kier molecular flexibility index (Phi) is 17.2. The molecule has 3 aliphatic heterocycles. The van der Waals surface area contributed by atoms with Crippen LogP contribution in [0.1, 0.15) is 76.2 Å². The molecule has 0 spiro atoms. The van der Waals surface area contributed by atoms with Gasteiger partial charge in [0.2, 0.25) is 11.8 Å². The number of hydrogen-bond acceptors (Lipinski definition) is 17. The van der Waals surface area contributed by atoms with E-state index < -0.39 is 88.9 Å². The predicted octanol–water partition coefficient (Wildman–Crippen LogP) is -0.842. The van der Waals surface area contributed by atoms with Crippen LogP contribution in [0, 0.1) is 0 Å². The highest BCUT2D eigenvalue weighted by molar-refractivity contribution is 5.85. The van der Waals surface area contributed by atoms with E-state index in [1.807, 2.05) is 19.6 Å². The first-order valence-corrected chi connectivity index (χ1v) is 20.1. The van der Waals surface area contributed by atoms with Crippen molar-refractivity contribution in [2.24, 2.45) is 0 Å². The quantitative estimate of drug-likeness (QED) is 0.131. The fourth-order valence-electron chi connectivity index (χ4n) is 6.68. The number of aliphatic carboxylic acids is 1. The van der Waals surface area contributed by atoms with E-state index in [9.17, 15) is 39.0 Å². The number of amides is 2. The van der Waals surface area contributed by atoms with Gasteiger partial charge in [-0.15, -0.1) is 0 Å². The van der Waals surface area contributed by atoms with E-state index in [4.69, 9.17) is 28.4 Å². The number of carboxylic acids is 1. The third-order valence-corrected chi connectivity index (χ3v) is 9.06. The molecule has 0 bridgehead atoms. The van der Waals surface area contributed by atoms with Gasteiger partial charge in [0.25, 0.3) is 0 Å². The molecule has 0 aromatic carbocycles. The van der Waals surface area contributed by atoms with Gasteiger partial charge < -0.3 is 49.3 Å². The third kappa shape index (κ3) is 17.2. The Morgan fingerprint density at radius 3 is 1.32 bits per heavy atom. The molecule has 338 valence electrons. The summed E-state index contributed by atoms with van der Waals surface area (Å²) in [7, 11) is 0. The van der Waals surface area contributed by atoms with Crippen LogP contribution in [0.15, 0.2) is 0 Å². The minimum atomic E-state index is -2.24. The van der Waals surface area contributed by atoms with Crippen LogP contribution in [-0.4, -0.2) is 204 Å². The monoisotopic (exact) mass is 844 g/mol. The highest BCUT2D eigenvalue weighted by Crippen LogP contribution is 2.45. The maximum Gasteiger partial charge on any atom is 0.367 e. The largest absolute Gasteiger partial charge is 0.477 e. The number of carbonyl (C=O) groups excluding carboxylic acids is 5. The zero-order valence-corrected chi connectivity index (χ0v) is 36.7.